The van der Waals surface area contributed by atoms with E-state index in [-0.39, 0.29) is 12.1 Å². The number of anilines is 1. The molecule has 0 atom stereocenters. The van der Waals surface area contributed by atoms with Crippen molar-refractivity contribution in [3.8, 4) is 11.3 Å². The number of rotatable bonds is 4. The van der Waals surface area contributed by atoms with Crippen molar-refractivity contribution in [3.63, 3.8) is 0 Å². The van der Waals surface area contributed by atoms with Gasteiger partial charge in [0.2, 0.25) is 0 Å². The molecule has 5 nitrogen and oxygen atoms in total. The Hall–Kier alpha value is -1.73. The van der Waals surface area contributed by atoms with Crippen molar-refractivity contribution < 1.29 is 13.9 Å². The second kappa shape index (κ2) is 6.80. The van der Waals surface area contributed by atoms with Gasteiger partial charge < -0.3 is 10.4 Å². The Bertz CT molecular complexity index is 671. The molecule has 3 rings (SSSR count). The summed E-state index contributed by atoms with van der Waals surface area (Å²) in [6.07, 6.45) is 5.68. The fraction of sp³-hybridized carbons (Fsp3) is 0.467. The summed E-state index contributed by atoms with van der Waals surface area (Å²) in [5, 5.41) is 17.2. The number of pyridine rings is 1. The average Bonchev–Trinajstić information content (AvgIpc) is 3.00. The molecule has 0 radical (unpaired) electrons. The Morgan fingerprint density at radius 2 is 2.04 bits per heavy atom. The molecular weight excluding hydrogens is 326 g/mol. The van der Waals surface area contributed by atoms with Crippen LogP contribution in [0.1, 0.15) is 32.2 Å². The topological polar surface area (TPSA) is 63.0 Å². The third kappa shape index (κ3) is 3.79. The lowest BCUT2D eigenvalue weighted by Crippen LogP contribution is -2.28. The van der Waals surface area contributed by atoms with Gasteiger partial charge in [0.25, 0.3) is 0 Å². The van der Waals surface area contributed by atoms with Gasteiger partial charge in [-0.05, 0) is 37.8 Å². The molecule has 0 aromatic carbocycles. The number of aliphatic hydroxyl groups is 1. The first kappa shape index (κ1) is 16.1. The third-order valence-electron chi connectivity index (χ3n) is 4.01. The number of hydrogen-bond acceptors (Lipinski definition) is 4. The summed E-state index contributed by atoms with van der Waals surface area (Å²) in [6, 6.07) is 3.39. The van der Waals surface area contributed by atoms with Crippen LogP contribution in [-0.4, -0.2) is 32.0 Å². The zero-order valence-corrected chi connectivity index (χ0v) is 13.0. The van der Waals surface area contributed by atoms with Gasteiger partial charge in [0, 0.05) is 29.7 Å². The SMILES string of the molecule is OC1CCC(Nc2cc(Cl)ncc2-c2ccn(C(F)F)n2)CC1. The van der Waals surface area contributed by atoms with Gasteiger partial charge in [-0.2, -0.15) is 13.9 Å². The standard InChI is InChI=1S/C15H17ClF2N4O/c16-14-7-13(20-9-1-3-10(23)4-2-9)11(8-19-14)12-5-6-22(21-12)15(17)18/h5-10,15,23H,1-4H2,(H,19,20). The molecule has 0 bridgehead atoms. The maximum absolute atomic E-state index is 12.7. The maximum Gasteiger partial charge on any atom is 0.333 e. The highest BCUT2D eigenvalue weighted by Crippen LogP contribution is 2.31. The van der Waals surface area contributed by atoms with Crippen LogP contribution in [0.15, 0.2) is 24.5 Å². The summed E-state index contributed by atoms with van der Waals surface area (Å²) >= 11 is 5.96. The summed E-state index contributed by atoms with van der Waals surface area (Å²) in [5.41, 5.74) is 1.75. The zero-order chi connectivity index (χ0) is 16.4. The molecule has 1 saturated carbocycles. The van der Waals surface area contributed by atoms with E-state index in [1.807, 2.05) is 0 Å². The molecule has 0 aliphatic heterocycles. The highest BCUT2D eigenvalue weighted by Gasteiger charge is 2.21. The van der Waals surface area contributed by atoms with Crippen molar-refractivity contribution in [1.82, 2.24) is 14.8 Å². The lowest BCUT2D eigenvalue weighted by Gasteiger charge is -2.27. The normalized spacial score (nSPS) is 21.6. The molecule has 0 saturated heterocycles. The first-order valence-electron chi connectivity index (χ1n) is 7.47. The number of nitrogens with one attached hydrogen (secondary N) is 1. The van der Waals surface area contributed by atoms with Crippen LogP contribution in [0.2, 0.25) is 5.15 Å². The molecule has 23 heavy (non-hydrogen) atoms. The Balaban J connectivity index is 1.85. The monoisotopic (exact) mass is 342 g/mol. The van der Waals surface area contributed by atoms with Crippen LogP contribution >= 0.6 is 11.6 Å². The predicted molar refractivity (Wildman–Crippen MR) is 83.6 cm³/mol. The zero-order valence-electron chi connectivity index (χ0n) is 12.3. The summed E-state index contributed by atoms with van der Waals surface area (Å²) in [5.74, 6) is 0. The molecule has 2 N–H and O–H groups in total. The van der Waals surface area contributed by atoms with Crippen LogP contribution < -0.4 is 5.32 Å². The molecule has 124 valence electrons. The molecule has 1 aliphatic carbocycles. The highest BCUT2D eigenvalue weighted by molar-refractivity contribution is 6.29. The van der Waals surface area contributed by atoms with Gasteiger partial charge in [-0.1, -0.05) is 11.6 Å². The molecule has 0 amide bonds. The Morgan fingerprint density at radius 3 is 2.70 bits per heavy atom. The van der Waals surface area contributed by atoms with Gasteiger partial charge in [0.15, 0.2) is 0 Å². The Kier molecular flexibility index (Phi) is 4.77. The average molecular weight is 343 g/mol. The van der Waals surface area contributed by atoms with E-state index in [2.05, 4.69) is 15.4 Å². The van der Waals surface area contributed by atoms with Crippen LogP contribution in [0.3, 0.4) is 0 Å². The van der Waals surface area contributed by atoms with Gasteiger partial charge >= 0.3 is 6.55 Å². The minimum atomic E-state index is -2.68. The maximum atomic E-state index is 12.7. The molecular formula is C15H17ClF2N4O. The van der Waals surface area contributed by atoms with Gasteiger partial charge in [-0.3, -0.25) is 0 Å². The van der Waals surface area contributed by atoms with Crippen LogP contribution in [-0.2, 0) is 0 Å². The first-order chi connectivity index (χ1) is 11.0. The van der Waals surface area contributed by atoms with Crippen LogP contribution in [0.5, 0.6) is 0 Å². The minimum Gasteiger partial charge on any atom is -0.393 e. The fourth-order valence-electron chi connectivity index (χ4n) is 2.78. The van der Waals surface area contributed by atoms with Crippen molar-refractivity contribution in [2.24, 2.45) is 0 Å². The van der Waals surface area contributed by atoms with Gasteiger partial charge in [-0.25, -0.2) is 9.67 Å². The van der Waals surface area contributed by atoms with Crippen molar-refractivity contribution in [2.45, 2.75) is 44.4 Å². The summed E-state index contributed by atoms with van der Waals surface area (Å²) < 4.78 is 26.0. The van der Waals surface area contributed by atoms with Crippen LogP contribution in [0.4, 0.5) is 14.5 Å². The van der Waals surface area contributed by atoms with E-state index in [1.165, 1.54) is 18.5 Å². The molecule has 0 spiro atoms. The van der Waals surface area contributed by atoms with E-state index < -0.39 is 6.55 Å². The minimum absolute atomic E-state index is 0.202. The fourth-order valence-corrected chi connectivity index (χ4v) is 2.94. The molecule has 2 heterocycles. The largest absolute Gasteiger partial charge is 0.393 e. The number of aliphatic hydroxyl groups excluding tert-OH is 1. The smallest absolute Gasteiger partial charge is 0.333 e. The molecule has 1 aliphatic rings. The second-order valence-electron chi connectivity index (χ2n) is 5.66. The van der Waals surface area contributed by atoms with Crippen molar-refractivity contribution in [2.75, 3.05) is 5.32 Å². The van der Waals surface area contributed by atoms with E-state index in [0.29, 0.717) is 26.8 Å². The predicted octanol–water partition coefficient (Wildman–Crippen LogP) is 3.71. The van der Waals surface area contributed by atoms with E-state index in [0.717, 1.165) is 25.7 Å². The summed E-state index contributed by atoms with van der Waals surface area (Å²) in [7, 11) is 0. The van der Waals surface area contributed by atoms with E-state index >= 15 is 0 Å². The van der Waals surface area contributed by atoms with Gasteiger partial charge in [-0.15, -0.1) is 0 Å². The van der Waals surface area contributed by atoms with E-state index in [1.54, 1.807) is 6.07 Å². The molecule has 0 unspecified atom stereocenters. The van der Waals surface area contributed by atoms with Crippen molar-refractivity contribution >= 4 is 17.3 Å². The van der Waals surface area contributed by atoms with E-state index in [9.17, 15) is 13.9 Å². The number of nitrogens with zero attached hydrogens (tertiary/aromatic N) is 3. The number of aromatic nitrogens is 3. The lowest BCUT2D eigenvalue weighted by molar-refractivity contribution is 0.0568. The second-order valence-corrected chi connectivity index (χ2v) is 6.05. The highest BCUT2D eigenvalue weighted by atomic mass is 35.5. The number of hydrogen-bond donors (Lipinski definition) is 2. The summed E-state index contributed by atoms with van der Waals surface area (Å²) in [6.45, 7) is -2.68. The van der Waals surface area contributed by atoms with Crippen LogP contribution in [0.25, 0.3) is 11.3 Å². The lowest BCUT2D eigenvalue weighted by atomic mass is 9.93. The Labute approximate surface area is 137 Å². The van der Waals surface area contributed by atoms with Gasteiger partial charge in [0.1, 0.15) is 5.15 Å². The van der Waals surface area contributed by atoms with Gasteiger partial charge in [0.05, 0.1) is 11.8 Å². The van der Waals surface area contributed by atoms with Crippen molar-refractivity contribution in [3.05, 3.63) is 29.7 Å². The summed E-state index contributed by atoms with van der Waals surface area (Å²) in [4.78, 5) is 4.02. The third-order valence-corrected chi connectivity index (χ3v) is 4.22. The van der Waals surface area contributed by atoms with Crippen LogP contribution in [0, 0.1) is 0 Å². The van der Waals surface area contributed by atoms with Crippen molar-refractivity contribution in [1.29, 1.82) is 0 Å². The molecule has 2 aromatic rings. The number of halogens is 3. The molecule has 2 aromatic heterocycles. The van der Waals surface area contributed by atoms with E-state index in [4.69, 9.17) is 11.6 Å². The quantitative estimate of drug-likeness (QED) is 0.831. The molecule has 8 heteroatoms. The number of alkyl halides is 2. The molecule has 1 fully saturated rings. The first-order valence-corrected chi connectivity index (χ1v) is 7.84. The Morgan fingerprint density at radius 1 is 1.30 bits per heavy atom.